The fraction of sp³-hybridized carbons (Fsp3) is 0.600. The molecule has 1 unspecified atom stereocenters. The number of hydrogen-bond donors (Lipinski definition) is 0. The molecule has 0 radical (unpaired) electrons. The van der Waals surface area contributed by atoms with Crippen LogP contribution in [0.4, 0.5) is 0 Å². The quantitative estimate of drug-likeness (QED) is 0.283. The smallest absolute Gasteiger partial charge is 0.340 e. The van der Waals surface area contributed by atoms with Crippen LogP contribution in [0.2, 0.25) is 0 Å². The highest BCUT2D eigenvalue weighted by Crippen LogP contribution is 1.99. The maximum Gasteiger partial charge on any atom is 0.340 e. The average Bonchev–Trinajstić information content (AvgIpc) is 2.01. The molecule has 1 atom stereocenters. The second-order valence-electron chi connectivity index (χ2n) is 3.08. The Morgan fingerprint density at radius 1 is 1.54 bits per heavy atom. The first-order chi connectivity index (χ1) is 6.06. The van der Waals surface area contributed by atoms with Crippen LogP contribution in [0, 0.1) is 5.92 Å². The fourth-order valence-corrected chi connectivity index (χ4v) is 0.643. The van der Waals surface area contributed by atoms with Crippen LogP contribution in [-0.2, 0) is 14.3 Å². The Morgan fingerprint density at radius 3 is 2.62 bits per heavy atom. The number of hydrogen-bond acceptors (Lipinski definition) is 3. The van der Waals surface area contributed by atoms with Crippen molar-refractivity contribution >= 4 is 5.97 Å². The lowest BCUT2D eigenvalue weighted by Gasteiger charge is -2.13. The molecular weight excluding hydrogens is 168 g/mol. The number of carbonyl (C=O) groups is 1. The molecule has 0 aromatic heterocycles. The Balaban J connectivity index is 3.67. The maximum atomic E-state index is 10.8. The van der Waals surface area contributed by atoms with Gasteiger partial charge >= 0.3 is 5.97 Å². The Labute approximate surface area is 79.0 Å². The highest BCUT2D eigenvalue weighted by atomic mass is 16.7. The van der Waals surface area contributed by atoms with Gasteiger partial charge in [0.25, 0.3) is 0 Å². The minimum absolute atomic E-state index is 0.427. The van der Waals surface area contributed by atoms with Crippen LogP contribution in [0.5, 0.6) is 0 Å². The zero-order valence-electron chi connectivity index (χ0n) is 8.37. The summed E-state index contributed by atoms with van der Waals surface area (Å²) in [6, 6.07) is 0. The van der Waals surface area contributed by atoms with Gasteiger partial charge in [-0.2, -0.15) is 0 Å². The molecule has 0 aliphatic heterocycles. The van der Waals surface area contributed by atoms with E-state index in [1.54, 1.807) is 6.92 Å². The van der Waals surface area contributed by atoms with Crippen LogP contribution < -0.4 is 0 Å². The van der Waals surface area contributed by atoms with Gasteiger partial charge < -0.3 is 9.47 Å². The number of carbonyl (C=O) groups excluding carboxylic acids is 1. The largest absolute Gasteiger partial charge is 0.432 e. The lowest BCUT2D eigenvalue weighted by Crippen LogP contribution is -2.18. The standard InChI is InChI=1S/C10H16O3/c1-5-6-10(11)13-9(4)12-7-8(2)3/h6,8-9H,1,7H2,2-4H3. The molecule has 0 amide bonds. The summed E-state index contributed by atoms with van der Waals surface area (Å²) < 4.78 is 10.0. The molecule has 0 bridgehead atoms. The third kappa shape index (κ3) is 7.32. The summed E-state index contributed by atoms with van der Waals surface area (Å²) in [7, 11) is 0. The van der Waals surface area contributed by atoms with Crippen LogP contribution in [-0.4, -0.2) is 18.9 Å². The first kappa shape index (κ1) is 11.9. The minimum atomic E-state index is -0.514. The summed E-state index contributed by atoms with van der Waals surface area (Å²) in [4.78, 5) is 10.8. The number of esters is 1. The summed E-state index contributed by atoms with van der Waals surface area (Å²) in [5, 5.41) is 0. The normalized spacial score (nSPS) is 12.0. The molecule has 0 aromatic rings. The van der Waals surface area contributed by atoms with Crippen molar-refractivity contribution in [1.82, 2.24) is 0 Å². The fourth-order valence-electron chi connectivity index (χ4n) is 0.643. The zero-order chi connectivity index (χ0) is 10.3. The third-order valence-electron chi connectivity index (χ3n) is 1.17. The summed E-state index contributed by atoms with van der Waals surface area (Å²) in [6.07, 6.45) is 0.620. The van der Waals surface area contributed by atoms with E-state index >= 15 is 0 Å². The van der Waals surface area contributed by atoms with Crippen molar-refractivity contribution in [3.8, 4) is 0 Å². The predicted octanol–water partition coefficient (Wildman–Crippen LogP) is 1.89. The van der Waals surface area contributed by atoms with Crippen molar-refractivity contribution in [3.05, 3.63) is 18.4 Å². The zero-order valence-corrected chi connectivity index (χ0v) is 8.37. The topological polar surface area (TPSA) is 35.5 Å². The van der Waals surface area contributed by atoms with E-state index in [9.17, 15) is 4.79 Å². The van der Waals surface area contributed by atoms with Gasteiger partial charge in [0.05, 0.1) is 12.7 Å². The molecular formula is C10H16O3. The van der Waals surface area contributed by atoms with E-state index in [0.29, 0.717) is 12.5 Å². The molecule has 0 N–H and O–H groups in total. The Hall–Kier alpha value is -1.05. The van der Waals surface area contributed by atoms with E-state index < -0.39 is 12.3 Å². The van der Waals surface area contributed by atoms with Crippen LogP contribution in [0.25, 0.3) is 0 Å². The summed E-state index contributed by atoms with van der Waals surface area (Å²) in [6.45, 7) is 9.57. The van der Waals surface area contributed by atoms with Crippen molar-refractivity contribution in [2.75, 3.05) is 6.61 Å². The van der Waals surface area contributed by atoms with Crippen molar-refractivity contribution in [1.29, 1.82) is 0 Å². The van der Waals surface area contributed by atoms with Gasteiger partial charge in [-0.15, -0.1) is 5.73 Å². The highest BCUT2D eigenvalue weighted by molar-refractivity contribution is 5.81. The number of ether oxygens (including phenoxy) is 2. The van der Waals surface area contributed by atoms with Gasteiger partial charge in [0.2, 0.25) is 0 Å². The summed E-state index contributed by atoms with van der Waals surface area (Å²) in [5.41, 5.74) is 2.33. The molecule has 0 spiro atoms. The van der Waals surface area contributed by atoms with E-state index in [-0.39, 0.29) is 0 Å². The van der Waals surface area contributed by atoms with Crippen LogP contribution in [0.3, 0.4) is 0 Å². The van der Waals surface area contributed by atoms with Crippen molar-refractivity contribution < 1.29 is 14.3 Å². The van der Waals surface area contributed by atoms with Crippen molar-refractivity contribution in [2.24, 2.45) is 5.92 Å². The van der Waals surface area contributed by atoms with E-state index in [0.717, 1.165) is 6.08 Å². The van der Waals surface area contributed by atoms with Gasteiger partial charge in [-0.1, -0.05) is 20.4 Å². The predicted molar refractivity (Wildman–Crippen MR) is 50.1 cm³/mol. The molecule has 0 saturated heterocycles. The molecule has 74 valence electrons. The van der Waals surface area contributed by atoms with Gasteiger partial charge in [-0.05, 0) is 12.8 Å². The monoisotopic (exact) mass is 184 g/mol. The van der Waals surface area contributed by atoms with Gasteiger partial charge in [-0.3, -0.25) is 0 Å². The molecule has 0 aromatic carbocycles. The Morgan fingerprint density at radius 2 is 2.15 bits per heavy atom. The van der Waals surface area contributed by atoms with E-state index in [4.69, 9.17) is 9.47 Å². The molecule has 0 rings (SSSR count). The van der Waals surface area contributed by atoms with Gasteiger partial charge in [0.1, 0.15) is 0 Å². The van der Waals surface area contributed by atoms with Crippen molar-refractivity contribution in [3.63, 3.8) is 0 Å². The highest BCUT2D eigenvalue weighted by Gasteiger charge is 2.06. The lowest BCUT2D eigenvalue weighted by atomic mass is 10.2. The minimum Gasteiger partial charge on any atom is -0.432 e. The molecule has 13 heavy (non-hydrogen) atoms. The van der Waals surface area contributed by atoms with Crippen LogP contribution in [0.1, 0.15) is 20.8 Å². The molecule has 0 saturated carbocycles. The maximum absolute atomic E-state index is 10.8. The van der Waals surface area contributed by atoms with Crippen LogP contribution in [0.15, 0.2) is 18.4 Å². The van der Waals surface area contributed by atoms with Crippen LogP contribution >= 0.6 is 0 Å². The first-order valence-corrected chi connectivity index (χ1v) is 4.24. The molecule has 0 fully saturated rings. The van der Waals surface area contributed by atoms with Gasteiger partial charge in [-0.25, -0.2) is 4.79 Å². The van der Waals surface area contributed by atoms with Gasteiger partial charge in [0, 0.05) is 0 Å². The summed E-state index contributed by atoms with van der Waals surface area (Å²) in [5.74, 6) is -0.0534. The molecule has 0 aliphatic carbocycles. The molecule has 3 nitrogen and oxygen atoms in total. The van der Waals surface area contributed by atoms with E-state index in [2.05, 4.69) is 12.3 Å². The molecule has 0 heterocycles. The summed E-state index contributed by atoms with van der Waals surface area (Å²) >= 11 is 0. The first-order valence-electron chi connectivity index (χ1n) is 4.24. The second kappa shape index (κ2) is 6.46. The van der Waals surface area contributed by atoms with E-state index in [1.807, 2.05) is 13.8 Å². The number of rotatable bonds is 5. The Bertz CT molecular complexity index is 202. The van der Waals surface area contributed by atoms with Crippen molar-refractivity contribution in [2.45, 2.75) is 27.1 Å². The average molecular weight is 184 g/mol. The Kier molecular flexibility index (Phi) is 5.94. The lowest BCUT2D eigenvalue weighted by molar-refractivity contribution is -0.170. The molecule has 0 aliphatic rings. The third-order valence-corrected chi connectivity index (χ3v) is 1.17. The second-order valence-corrected chi connectivity index (χ2v) is 3.08. The molecule has 3 heteroatoms. The van der Waals surface area contributed by atoms with Gasteiger partial charge in [0.15, 0.2) is 6.29 Å². The SMILES string of the molecule is C=C=CC(=O)OC(C)OCC(C)C. The van der Waals surface area contributed by atoms with E-state index in [1.165, 1.54) is 0 Å².